The summed E-state index contributed by atoms with van der Waals surface area (Å²) in [6, 6.07) is 5.29. The van der Waals surface area contributed by atoms with Gasteiger partial charge in [0.05, 0.1) is 6.61 Å². The Morgan fingerprint density at radius 1 is 1.50 bits per heavy atom. The third-order valence-corrected chi connectivity index (χ3v) is 2.78. The largest absolute Gasteiger partial charge is 0.491 e. The lowest BCUT2D eigenvalue weighted by Gasteiger charge is -2.14. The van der Waals surface area contributed by atoms with Crippen LogP contribution in [0.15, 0.2) is 30.9 Å². The molecule has 3 heteroatoms. The van der Waals surface area contributed by atoms with Gasteiger partial charge in [-0.1, -0.05) is 19.1 Å². The summed E-state index contributed by atoms with van der Waals surface area (Å²) in [7, 11) is 0. The maximum absolute atomic E-state index is 13.8. The number of hydrogen-bond donors (Lipinski definition) is 1. The van der Waals surface area contributed by atoms with Crippen molar-refractivity contribution in [1.29, 1.82) is 0 Å². The first-order valence-electron chi connectivity index (χ1n) is 6.45. The van der Waals surface area contributed by atoms with E-state index in [1.165, 1.54) is 6.07 Å². The first-order valence-corrected chi connectivity index (χ1v) is 6.45. The van der Waals surface area contributed by atoms with Gasteiger partial charge in [0, 0.05) is 6.04 Å². The fourth-order valence-corrected chi connectivity index (χ4v) is 1.74. The predicted molar refractivity (Wildman–Crippen MR) is 73.4 cm³/mol. The summed E-state index contributed by atoms with van der Waals surface area (Å²) in [6.07, 6.45) is 3.58. The molecule has 0 fully saturated rings. The zero-order valence-electron chi connectivity index (χ0n) is 11.2. The highest BCUT2D eigenvalue weighted by molar-refractivity contribution is 5.30. The van der Waals surface area contributed by atoms with Crippen LogP contribution in [0.5, 0.6) is 5.75 Å². The maximum atomic E-state index is 13.8. The van der Waals surface area contributed by atoms with Crippen LogP contribution in [-0.4, -0.2) is 13.2 Å². The molecule has 1 aromatic rings. The van der Waals surface area contributed by atoms with Crippen molar-refractivity contribution >= 4 is 0 Å². The van der Waals surface area contributed by atoms with E-state index in [2.05, 4.69) is 11.9 Å². The van der Waals surface area contributed by atoms with E-state index < -0.39 is 0 Å². The summed E-state index contributed by atoms with van der Waals surface area (Å²) >= 11 is 0. The maximum Gasteiger partial charge on any atom is 0.165 e. The van der Waals surface area contributed by atoms with Crippen molar-refractivity contribution in [2.24, 2.45) is 0 Å². The van der Waals surface area contributed by atoms with E-state index in [-0.39, 0.29) is 11.9 Å². The van der Waals surface area contributed by atoms with Gasteiger partial charge in [-0.2, -0.15) is 0 Å². The quantitative estimate of drug-likeness (QED) is 0.560. The Morgan fingerprint density at radius 2 is 2.28 bits per heavy atom. The van der Waals surface area contributed by atoms with E-state index in [0.717, 1.165) is 24.9 Å². The molecule has 0 aliphatic heterocycles. The standard InChI is InChI=1S/C15H22FNO/c1-4-6-7-10-18-15-9-8-13(11-14(15)16)12(3)17-5-2/h4,8-9,11-12,17H,1,5-7,10H2,2-3H3. The van der Waals surface area contributed by atoms with Gasteiger partial charge in [0.1, 0.15) is 0 Å². The molecule has 0 bridgehead atoms. The molecule has 1 rings (SSSR count). The van der Waals surface area contributed by atoms with Crippen LogP contribution in [0.4, 0.5) is 4.39 Å². The fourth-order valence-electron chi connectivity index (χ4n) is 1.74. The van der Waals surface area contributed by atoms with Gasteiger partial charge in [0.25, 0.3) is 0 Å². The summed E-state index contributed by atoms with van der Waals surface area (Å²) < 4.78 is 19.2. The average Bonchev–Trinajstić information content (AvgIpc) is 2.36. The van der Waals surface area contributed by atoms with Crippen LogP contribution in [0.25, 0.3) is 0 Å². The summed E-state index contributed by atoms with van der Waals surface area (Å²) in [5.74, 6) is 0.0300. The van der Waals surface area contributed by atoms with Gasteiger partial charge in [-0.15, -0.1) is 6.58 Å². The highest BCUT2D eigenvalue weighted by Crippen LogP contribution is 2.22. The second kappa shape index (κ2) is 7.88. The molecule has 0 aliphatic carbocycles. The van der Waals surface area contributed by atoms with E-state index in [4.69, 9.17) is 4.74 Å². The molecule has 1 aromatic carbocycles. The minimum atomic E-state index is -0.296. The van der Waals surface area contributed by atoms with E-state index >= 15 is 0 Å². The molecule has 18 heavy (non-hydrogen) atoms. The van der Waals surface area contributed by atoms with E-state index in [1.54, 1.807) is 6.07 Å². The van der Waals surface area contributed by atoms with Crippen molar-refractivity contribution in [2.75, 3.05) is 13.2 Å². The molecule has 0 aliphatic rings. The molecule has 0 saturated carbocycles. The molecule has 1 atom stereocenters. The summed E-state index contributed by atoms with van der Waals surface area (Å²) in [5.41, 5.74) is 0.938. The van der Waals surface area contributed by atoms with Crippen LogP contribution in [0.3, 0.4) is 0 Å². The molecule has 1 N–H and O–H groups in total. The number of hydrogen-bond acceptors (Lipinski definition) is 2. The number of nitrogens with one attached hydrogen (secondary N) is 1. The summed E-state index contributed by atoms with van der Waals surface area (Å²) in [4.78, 5) is 0. The number of allylic oxidation sites excluding steroid dienone is 1. The minimum Gasteiger partial charge on any atom is -0.491 e. The third-order valence-electron chi connectivity index (χ3n) is 2.78. The Kier molecular flexibility index (Phi) is 6.44. The first-order chi connectivity index (χ1) is 8.69. The van der Waals surface area contributed by atoms with Crippen molar-refractivity contribution < 1.29 is 9.13 Å². The predicted octanol–water partition coefficient (Wildman–Crippen LogP) is 3.84. The van der Waals surface area contributed by atoms with Crippen LogP contribution >= 0.6 is 0 Å². The summed E-state index contributed by atoms with van der Waals surface area (Å²) in [6.45, 7) is 9.07. The van der Waals surface area contributed by atoms with Crippen molar-refractivity contribution in [3.8, 4) is 5.75 Å². The van der Waals surface area contributed by atoms with Crippen molar-refractivity contribution in [3.05, 3.63) is 42.2 Å². The molecule has 0 aromatic heterocycles. The van der Waals surface area contributed by atoms with Crippen LogP contribution in [0.2, 0.25) is 0 Å². The fraction of sp³-hybridized carbons (Fsp3) is 0.467. The Hall–Kier alpha value is -1.35. The lowest BCUT2D eigenvalue weighted by Crippen LogP contribution is -2.17. The van der Waals surface area contributed by atoms with Crippen molar-refractivity contribution in [2.45, 2.75) is 32.7 Å². The number of rotatable bonds is 8. The number of halogens is 1. The molecular weight excluding hydrogens is 229 g/mol. The first kappa shape index (κ1) is 14.7. The molecular formula is C15H22FNO. The van der Waals surface area contributed by atoms with Crippen LogP contribution < -0.4 is 10.1 Å². The van der Waals surface area contributed by atoms with Crippen molar-refractivity contribution in [3.63, 3.8) is 0 Å². The molecule has 0 radical (unpaired) electrons. The smallest absolute Gasteiger partial charge is 0.165 e. The molecule has 0 amide bonds. The molecule has 2 nitrogen and oxygen atoms in total. The Bertz CT molecular complexity index is 379. The average molecular weight is 251 g/mol. The normalized spacial score (nSPS) is 12.2. The zero-order chi connectivity index (χ0) is 13.4. The van der Waals surface area contributed by atoms with Crippen LogP contribution in [0.1, 0.15) is 38.3 Å². The van der Waals surface area contributed by atoms with Gasteiger partial charge in [0.2, 0.25) is 0 Å². The number of ether oxygens (including phenoxy) is 1. The Morgan fingerprint density at radius 3 is 2.89 bits per heavy atom. The highest BCUT2D eigenvalue weighted by atomic mass is 19.1. The topological polar surface area (TPSA) is 21.3 Å². The van der Waals surface area contributed by atoms with Crippen LogP contribution in [-0.2, 0) is 0 Å². The second-order valence-corrected chi connectivity index (χ2v) is 4.25. The molecule has 100 valence electrons. The molecule has 0 saturated heterocycles. The van der Waals surface area contributed by atoms with Gasteiger partial charge in [-0.25, -0.2) is 4.39 Å². The number of benzene rings is 1. The lowest BCUT2D eigenvalue weighted by molar-refractivity contribution is 0.296. The monoisotopic (exact) mass is 251 g/mol. The zero-order valence-corrected chi connectivity index (χ0v) is 11.2. The molecule has 0 spiro atoms. The SMILES string of the molecule is C=CCCCOc1ccc(C(C)NCC)cc1F. The lowest BCUT2D eigenvalue weighted by atomic mass is 10.1. The van der Waals surface area contributed by atoms with Crippen molar-refractivity contribution in [1.82, 2.24) is 5.32 Å². The van der Waals surface area contributed by atoms with Gasteiger partial charge in [0.15, 0.2) is 11.6 Å². The second-order valence-electron chi connectivity index (χ2n) is 4.25. The van der Waals surface area contributed by atoms with Gasteiger partial charge >= 0.3 is 0 Å². The molecule has 1 unspecified atom stereocenters. The third kappa shape index (κ3) is 4.49. The van der Waals surface area contributed by atoms with Crippen LogP contribution in [0, 0.1) is 5.82 Å². The van der Waals surface area contributed by atoms with E-state index in [9.17, 15) is 4.39 Å². The van der Waals surface area contributed by atoms with E-state index in [0.29, 0.717) is 12.4 Å². The highest BCUT2D eigenvalue weighted by Gasteiger charge is 2.08. The Labute approximate surface area is 109 Å². The summed E-state index contributed by atoms with van der Waals surface area (Å²) in [5, 5.41) is 3.25. The molecule has 0 heterocycles. The van der Waals surface area contributed by atoms with Gasteiger partial charge < -0.3 is 10.1 Å². The van der Waals surface area contributed by atoms with Gasteiger partial charge in [-0.05, 0) is 44.0 Å². The van der Waals surface area contributed by atoms with E-state index in [1.807, 2.05) is 26.0 Å². The minimum absolute atomic E-state index is 0.152. The Balaban J connectivity index is 2.59. The number of unbranched alkanes of at least 4 members (excludes halogenated alkanes) is 1. The van der Waals surface area contributed by atoms with Gasteiger partial charge in [-0.3, -0.25) is 0 Å².